The first-order valence-corrected chi connectivity index (χ1v) is 10.8. The van der Waals surface area contributed by atoms with Crippen LogP contribution in [0.3, 0.4) is 0 Å². The fraction of sp³-hybridized carbons (Fsp3) is 0.696. The number of allylic oxidation sites excluding steroid dienone is 4. The Kier molecular flexibility index (Phi) is 5.07. The van der Waals surface area contributed by atoms with E-state index in [4.69, 9.17) is 10.5 Å². The van der Waals surface area contributed by atoms with Crippen LogP contribution in [0.5, 0.6) is 0 Å². The topological polar surface area (TPSA) is 127 Å². The summed E-state index contributed by atoms with van der Waals surface area (Å²) in [5, 5.41) is 22.8. The molecule has 3 saturated carbocycles. The Labute approximate surface area is 176 Å². The lowest BCUT2D eigenvalue weighted by atomic mass is 9.46. The smallest absolute Gasteiger partial charge is 0.320 e. The Morgan fingerprint density at radius 2 is 2.03 bits per heavy atom. The van der Waals surface area contributed by atoms with Crippen molar-refractivity contribution in [2.45, 2.75) is 57.7 Å². The summed E-state index contributed by atoms with van der Waals surface area (Å²) in [4.78, 5) is 36.2. The first-order valence-electron chi connectivity index (χ1n) is 10.8. The van der Waals surface area contributed by atoms with Gasteiger partial charge >= 0.3 is 5.97 Å². The van der Waals surface area contributed by atoms with E-state index >= 15 is 0 Å². The van der Waals surface area contributed by atoms with E-state index in [1.165, 1.54) is 0 Å². The molecule has 0 radical (unpaired) electrons. The standard InChI is InChI=1S/C23H31NO6/c1-21-7-5-14(25)9-13(21)3-4-15-16-6-8-23(29,18(27)12-30-19(28)11-24)22(16,2)10-17(26)20(15)21/h5,7,9,15-17,20,26,29H,3-4,6,8,10-12,24H2,1-2H3. The van der Waals surface area contributed by atoms with Gasteiger partial charge in [-0.1, -0.05) is 25.5 Å². The monoisotopic (exact) mass is 417 g/mol. The number of nitrogens with two attached hydrogens (primary N) is 1. The molecule has 0 aromatic rings. The second kappa shape index (κ2) is 7.11. The number of ether oxygens (including phenoxy) is 1. The highest BCUT2D eigenvalue weighted by atomic mass is 16.5. The summed E-state index contributed by atoms with van der Waals surface area (Å²) >= 11 is 0. The molecule has 0 saturated heterocycles. The van der Waals surface area contributed by atoms with Crippen LogP contribution in [0.4, 0.5) is 0 Å². The number of aliphatic hydroxyl groups excluding tert-OH is 1. The van der Waals surface area contributed by atoms with Crippen LogP contribution in [-0.2, 0) is 19.1 Å². The normalized spacial score (nSPS) is 44.6. The van der Waals surface area contributed by atoms with E-state index in [0.29, 0.717) is 6.42 Å². The van der Waals surface area contributed by atoms with Crippen LogP contribution in [0.1, 0.15) is 46.0 Å². The van der Waals surface area contributed by atoms with E-state index in [1.807, 2.05) is 13.0 Å². The summed E-state index contributed by atoms with van der Waals surface area (Å²) in [6, 6.07) is 0. The van der Waals surface area contributed by atoms with Crippen molar-refractivity contribution < 1.29 is 29.3 Å². The molecule has 164 valence electrons. The minimum Gasteiger partial charge on any atom is -0.457 e. The quantitative estimate of drug-likeness (QED) is 0.584. The summed E-state index contributed by atoms with van der Waals surface area (Å²) < 4.78 is 4.90. The first-order chi connectivity index (χ1) is 14.1. The van der Waals surface area contributed by atoms with Crippen molar-refractivity contribution >= 4 is 17.5 Å². The summed E-state index contributed by atoms with van der Waals surface area (Å²) in [5.74, 6) is -1.09. The summed E-state index contributed by atoms with van der Waals surface area (Å²) in [5.41, 5.74) is 3.46. The van der Waals surface area contributed by atoms with Gasteiger partial charge in [0.15, 0.2) is 12.4 Å². The zero-order valence-electron chi connectivity index (χ0n) is 17.6. The molecule has 0 amide bonds. The summed E-state index contributed by atoms with van der Waals surface area (Å²) in [7, 11) is 0. The zero-order valence-corrected chi connectivity index (χ0v) is 17.6. The Hall–Kier alpha value is -1.83. The van der Waals surface area contributed by atoms with Gasteiger partial charge in [-0.15, -0.1) is 0 Å². The number of ketones is 2. The molecule has 4 rings (SSSR count). The van der Waals surface area contributed by atoms with Gasteiger partial charge in [0, 0.05) is 16.7 Å². The Morgan fingerprint density at radius 3 is 2.73 bits per heavy atom. The number of aliphatic hydroxyl groups is 2. The average molecular weight is 418 g/mol. The molecule has 0 bridgehead atoms. The van der Waals surface area contributed by atoms with Gasteiger partial charge in [0.05, 0.1) is 12.6 Å². The minimum absolute atomic E-state index is 0.0103. The molecule has 0 aromatic carbocycles. The number of carbonyl (C=O) groups is 3. The van der Waals surface area contributed by atoms with Crippen molar-refractivity contribution in [3.05, 3.63) is 23.8 Å². The molecule has 0 aromatic heterocycles. The van der Waals surface area contributed by atoms with Crippen LogP contribution in [0.2, 0.25) is 0 Å². The molecule has 4 N–H and O–H groups in total. The largest absolute Gasteiger partial charge is 0.457 e. The lowest BCUT2D eigenvalue weighted by molar-refractivity contribution is -0.181. The highest BCUT2D eigenvalue weighted by Crippen LogP contribution is 2.67. The molecule has 30 heavy (non-hydrogen) atoms. The highest BCUT2D eigenvalue weighted by molar-refractivity contribution is 6.01. The van der Waals surface area contributed by atoms with Crippen molar-refractivity contribution in [3.63, 3.8) is 0 Å². The van der Waals surface area contributed by atoms with Crippen LogP contribution < -0.4 is 5.73 Å². The van der Waals surface area contributed by atoms with Gasteiger partial charge in [-0.3, -0.25) is 14.4 Å². The SMILES string of the molecule is CC12C=CC(=O)C=C1CCC1C2C(O)CC2(C)C1CCC2(O)C(=O)COC(=O)CN. The van der Waals surface area contributed by atoms with Crippen LogP contribution >= 0.6 is 0 Å². The van der Waals surface area contributed by atoms with Crippen LogP contribution in [-0.4, -0.2) is 52.6 Å². The molecular formula is C23H31NO6. The fourth-order valence-electron chi connectivity index (χ4n) is 7.11. The highest BCUT2D eigenvalue weighted by Gasteiger charge is 2.68. The van der Waals surface area contributed by atoms with Crippen molar-refractivity contribution in [3.8, 4) is 0 Å². The molecule has 7 atom stereocenters. The van der Waals surface area contributed by atoms with Gasteiger partial charge in [-0.25, -0.2) is 0 Å². The maximum absolute atomic E-state index is 12.9. The van der Waals surface area contributed by atoms with E-state index in [2.05, 4.69) is 6.92 Å². The van der Waals surface area contributed by atoms with Crippen molar-refractivity contribution in [2.75, 3.05) is 13.2 Å². The molecule has 7 nitrogen and oxygen atoms in total. The Balaban J connectivity index is 1.63. The Morgan fingerprint density at radius 1 is 1.30 bits per heavy atom. The van der Waals surface area contributed by atoms with Gasteiger partial charge in [0.1, 0.15) is 5.60 Å². The molecular weight excluding hydrogens is 386 g/mol. The predicted molar refractivity (Wildman–Crippen MR) is 108 cm³/mol. The third-order valence-electron chi connectivity index (χ3n) is 8.64. The molecule has 3 fully saturated rings. The van der Waals surface area contributed by atoms with Crippen molar-refractivity contribution in [2.24, 2.45) is 34.3 Å². The van der Waals surface area contributed by atoms with E-state index in [9.17, 15) is 24.6 Å². The maximum atomic E-state index is 12.9. The third kappa shape index (κ3) is 2.86. The molecule has 4 aliphatic carbocycles. The van der Waals surface area contributed by atoms with Gasteiger partial charge in [-0.05, 0) is 56.1 Å². The number of Topliss-reactive ketones (excluding diaryl/α,β-unsaturated/α-hetero) is 1. The number of carbonyl (C=O) groups excluding carboxylic acids is 3. The molecule has 0 aliphatic heterocycles. The van der Waals surface area contributed by atoms with E-state index in [1.54, 1.807) is 12.2 Å². The third-order valence-corrected chi connectivity index (χ3v) is 8.64. The van der Waals surface area contributed by atoms with Crippen LogP contribution in [0, 0.1) is 28.6 Å². The number of rotatable bonds is 4. The predicted octanol–water partition coefficient (Wildman–Crippen LogP) is 1.07. The van der Waals surface area contributed by atoms with E-state index in [-0.39, 0.29) is 48.3 Å². The van der Waals surface area contributed by atoms with E-state index < -0.39 is 35.5 Å². The van der Waals surface area contributed by atoms with Gasteiger partial charge in [0.2, 0.25) is 5.78 Å². The summed E-state index contributed by atoms with van der Waals surface area (Å²) in [6.45, 7) is 3.15. The molecule has 0 spiro atoms. The van der Waals surface area contributed by atoms with Gasteiger partial charge in [-0.2, -0.15) is 0 Å². The maximum Gasteiger partial charge on any atom is 0.320 e. The minimum atomic E-state index is -1.64. The first kappa shape index (κ1) is 21.4. The lowest BCUT2D eigenvalue weighted by Crippen LogP contribution is -2.61. The molecule has 0 heterocycles. The molecule has 7 unspecified atom stereocenters. The molecule has 4 aliphatic rings. The fourth-order valence-corrected chi connectivity index (χ4v) is 7.11. The van der Waals surface area contributed by atoms with Crippen molar-refractivity contribution in [1.82, 2.24) is 0 Å². The van der Waals surface area contributed by atoms with Gasteiger partial charge < -0.3 is 20.7 Å². The lowest BCUT2D eigenvalue weighted by Gasteiger charge is -2.59. The zero-order chi connectivity index (χ0) is 21.9. The van der Waals surface area contributed by atoms with E-state index in [0.717, 1.165) is 18.4 Å². The van der Waals surface area contributed by atoms with Crippen LogP contribution in [0.15, 0.2) is 23.8 Å². The van der Waals surface area contributed by atoms with Gasteiger partial charge in [0.25, 0.3) is 0 Å². The van der Waals surface area contributed by atoms with Crippen LogP contribution in [0.25, 0.3) is 0 Å². The van der Waals surface area contributed by atoms with Crippen molar-refractivity contribution in [1.29, 1.82) is 0 Å². The second-order valence-corrected chi connectivity index (χ2v) is 9.90. The molecule has 7 heteroatoms. The summed E-state index contributed by atoms with van der Waals surface area (Å²) in [6.07, 6.45) is 7.36. The Bertz CT molecular complexity index is 849. The number of hydrogen-bond acceptors (Lipinski definition) is 7. The number of esters is 1. The second-order valence-electron chi connectivity index (χ2n) is 9.90. The number of fused-ring (bicyclic) bond motifs is 5. The number of hydrogen-bond donors (Lipinski definition) is 3. The average Bonchev–Trinajstić information content (AvgIpc) is 2.97.